The molecule has 15 heavy (non-hydrogen) atoms. The topological polar surface area (TPSA) is 44.6 Å². The lowest BCUT2D eigenvalue weighted by molar-refractivity contribution is -0.889. The second-order valence-corrected chi connectivity index (χ2v) is 4.64. The normalized spacial score (nSPS) is 13.6. The largest absolute Gasteiger partial charge is 0.634 e. The summed E-state index contributed by atoms with van der Waals surface area (Å²) in [5.41, 5.74) is 0.167. The second-order valence-electron chi connectivity index (χ2n) is 4.64. The van der Waals surface area contributed by atoms with E-state index in [1.807, 2.05) is 26.8 Å². The van der Waals surface area contributed by atoms with Gasteiger partial charge in [-0.15, -0.1) is 0 Å². The summed E-state index contributed by atoms with van der Waals surface area (Å²) in [7, 11) is 0. The first kappa shape index (κ1) is 11.9. The van der Waals surface area contributed by atoms with E-state index < -0.39 is 5.54 Å². The summed E-state index contributed by atoms with van der Waals surface area (Å²) < 4.78 is 0. The quantitative estimate of drug-likeness (QED) is 0.595. The lowest BCUT2D eigenvalue weighted by Crippen LogP contribution is -3.15. The van der Waals surface area contributed by atoms with Crippen LogP contribution >= 0.6 is 0 Å². The number of benzene rings is 1. The summed E-state index contributed by atoms with van der Waals surface area (Å²) in [6.45, 7) is 5.47. The SMILES string of the molecule is CC(C)(C)[NH+]([O-])CC(=O)c1ccccc1. The van der Waals surface area contributed by atoms with E-state index in [4.69, 9.17) is 0 Å². The van der Waals surface area contributed by atoms with Crippen LogP contribution in [0, 0.1) is 5.21 Å². The third-order valence-electron chi connectivity index (χ3n) is 2.25. The molecule has 0 aromatic heterocycles. The average Bonchev–Trinajstić information content (AvgIpc) is 2.17. The summed E-state index contributed by atoms with van der Waals surface area (Å²) >= 11 is 0. The molecule has 0 aliphatic heterocycles. The van der Waals surface area contributed by atoms with Crippen LogP contribution in [-0.4, -0.2) is 17.9 Å². The van der Waals surface area contributed by atoms with Crippen LogP contribution in [0.25, 0.3) is 0 Å². The molecule has 1 aromatic rings. The van der Waals surface area contributed by atoms with Gasteiger partial charge in [0, 0.05) is 5.56 Å². The molecule has 0 bridgehead atoms. The Morgan fingerprint density at radius 2 is 1.80 bits per heavy atom. The molecule has 0 saturated carbocycles. The molecule has 0 aliphatic rings. The van der Waals surface area contributed by atoms with Crippen molar-refractivity contribution in [3.63, 3.8) is 0 Å². The molecule has 0 heterocycles. The third kappa shape index (κ3) is 3.46. The van der Waals surface area contributed by atoms with Gasteiger partial charge >= 0.3 is 0 Å². The minimum Gasteiger partial charge on any atom is -0.634 e. The number of hydrogen-bond acceptors (Lipinski definition) is 2. The molecular formula is C12H17NO2. The van der Waals surface area contributed by atoms with Gasteiger partial charge in [0.25, 0.3) is 0 Å². The first-order valence-corrected chi connectivity index (χ1v) is 5.03. The smallest absolute Gasteiger partial charge is 0.217 e. The first-order valence-electron chi connectivity index (χ1n) is 5.03. The number of ketones is 1. The molecule has 3 nitrogen and oxygen atoms in total. The van der Waals surface area contributed by atoms with Gasteiger partial charge in [-0.2, -0.15) is 0 Å². The maximum absolute atomic E-state index is 11.7. The predicted molar refractivity (Wildman–Crippen MR) is 59.7 cm³/mol. The maximum atomic E-state index is 11.7. The molecule has 1 atom stereocenters. The van der Waals surface area contributed by atoms with Gasteiger partial charge in [-0.05, 0) is 20.8 Å². The number of quaternary nitrogens is 1. The Kier molecular flexibility index (Phi) is 3.61. The van der Waals surface area contributed by atoms with E-state index >= 15 is 0 Å². The Labute approximate surface area is 90.3 Å². The third-order valence-corrected chi connectivity index (χ3v) is 2.25. The second kappa shape index (κ2) is 4.55. The molecule has 0 spiro atoms. The van der Waals surface area contributed by atoms with Gasteiger partial charge in [-0.1, -0.05) is 30.3 Å². The fourth-order valence-electron chi connectivity index (χ4n) is 1.14. The van der Waals surface area contributed by atoms with Crippen LogP contribution in [0.1, 0.15) is 31.1 Å². The summed E-state index contributed by atoms with van der Waals surface area (Å²) in [5.74, 6) is -0.101. The van der Waals surface area contributed by atoms with E-state index in [1.165, 1.54) is 0 Å². The fraction of sp³-hybridized carbons (Fsp3) is 0.417. The van der Waals surface area contributed by atoms with Gasteiger partial charge in [0.1, 0.15) is 6.54 Å². The molecule has 0 aliphatic carbocycles. The van der Waals surface area contributed by atoms with Gasteiger partial charge in [-0.25, -0.2) is 0 Å². The van der Waals surface area contributed by atoms with Crippen molar-refractivity contribution in [2.75, 3.05) is 6.54 Å². The van der Waals surface area contributed by atoms with Crippen LogP contribution < -0.4 is 5.06 Å². The van der Waals surface area contributed by atoms with Crippen molar-refractivity contribution in [1.82, 2.24) is 0 Å². The Hall–Kier alpha value is -1.19. The van der Waals surface area contributed by atoms with Crippen molar-refractivity contribution >= 4 is 5.78 Å². The Balaban J connectivity index is 2.65. The molecule has 1 unspecified atom stereocenters. The molecule has 1 rings (SSSR count). The molecule has 0 saturated heterocycles. The van der Waals surface area contributed by atoms with Crippen LogP contribution in [0.2, 0.25) is 0 Å². The van der Waals surface area contributed by atoms with E-state index in [-0.39, 0.29) is 17.4 Å². The highest BCUT2D eigenvalue weighted by atomic mass is 16.5. The molecule has 0 amide bonds. The van der Waals surface area contributed by atoms with Crippen LogP contribution in [0.4, 0.5) is 0 Å². The first-order chi connectivity index (χ1) is 6.91. The molecule has 1 N–H and O–H groups in total. The summed E-state index contributed by atoms with van der Waals surface area (Å²) in [6, 6.07) is 8.92. The van der Waals surface area contributed by atoms with E-state index in [1.54, 1.807) is 24.3 Å². The fourth-order valence-corrected chi connectivity index (χ4v) is 1.14. The number of Topliss-reactive ketones (excluding diaryl/α,β-unsaturated/α-hetero) is 1. The Morgan fingerprint density at radius 3 is 2.27 bits per heavy atom. The van der Waals surface area contributed by atoms with Crippen molar-refractivity contribution in [1.29, 1.82) is 0 Å². The summed E-state index contributed by atoms with van der Waals surface area (Å²) in [4.78, 5) is 11.7. The van der Waals surface area contributed by atoms with E-state index in [2.05, 4.69) is 0 Å². The molecule has 0 fully saturated rings. The van der Waals surface area contributed by atoms with Gasteiger partial charge in [0.15, 0.2) is 0 Å². The maximum Gasteiger partial charge on any atom is 0.217 e. The number of nitrogens with one attached hydrogen (secondary N) is 1. The number of rotatable bonds is 3. The van der Waals surface area contributed by atoms with Crippen molar-refractivity contribution < 1.29 is 9.86 Å². The van der Waals surface area contributed by atoms with Crippen molar-refractivity contribution in [3.8, 4) is 0 Å². The number of hydroxylamine groups is 2. The molecule has 1 aromatic carbocycles. The van der Waals surface area contributed by atoms with E-state index in [9.17, 15) is 10.0 Å². The van der Waals surface area contributed by atoms with Gasteiger partial charge in [-0.3, -0.25) is 4.79 Å². The van der Waals surface area contributed by atoms with E-state index in [0.717, 1.165) is 0 Å². The van der Waals surface area contributed by atoms with Crippen molar-refractivity contribution in [3.05, 3.63) is 41.1 Å². The molecule has 82 valence electrons. The average molecular weight is 207 g/mol. The van der Waals surface area contributed by atoms with Gasteiger partial charge in [0.2, 0.25) is 5.78 Å². The minimum absolute atomic E-state index is 0.00644. The Morgan fingerprint density at radius 1 is 1.27 bits per heavy atom. The molecule has 0 radical (unpaired) electrons. The molecule has 3 heteroatoms. The van der Waals surface area contributed by atoms with Crippen molar-refractivity contribution in [2.24, 2.45) is 0 Å². The predicted octanol–water partition coefficient (Wildman–Crippen LogP) is 1.05. The van der Waals surface area contributed by atoms with Crippen LogP contribution in [0.5, 0.6) is 0 Å². The van der Waals surface area contributed by atoms with Gasteiger partial charge in [0.05, 0.1) is 5.54 Å². The minimum atomic E-state index is -0.440. The highest BCUT2D eigenvalue weighted by Gasteiger charge is 2.21. The lowest BCUT2D eigenvalue weighted by Gasteiger charge is -2.34. The highest BCUT2D eigenvalue weighted by Crippen LogP contribution is 1.99. The number of carbonyl (C=O) groups excluding carboxylic acids is 1. The zero-order chi connectivity index (χ0) is 11.5. The zero-order valence-corrected chi connectivity index (χ0v) is 9.41. The number of hydrogen-bond donors (Lipinski definition) is 1. The number of carbonyl (C=O) groups is 1. The van der Waals surface area contributed by atoms with Crippen LogP contribution in [0.15, 0.2) is 30.3 Å². The Bertz CT molecular complexity index is 327. The molecular weight excluding hydrogens is 190 g/mol. The van der Waals surface area contributed by atoms with Gasteiger partial charge < -0.3 is 10.3 Å². The van der Waals surface area contributed by atoms with Crippen molar-refractivity contribution in [2.45, 2.75) is 26.3 Å². The van der Waals surface area contributed by atoms with E-state index in [0.29, 0.717) is 5.56 Å². The lowest BCUT2D eigenvalue weighted by atomic mass is 10.1. The van der Waals surface area contributed by atoms with Crippen LogP contribution in [-0.2, 0) is 0 Å². The van der Waals surface area contributed by atoms with Crippen LogP contribution in [0.3, 0.4) is 0 Å². The standard InChI is InChI=1S/C12H17NO2/c1-12(2,3)13(15)9-11(14)10-7-5-4-6-8-10/h4-8,13H,9H2,1-3H3. The summed E-state index contributed by atoms with van der Waals surface area (Å²) in [6.07, 6.45) is 0. The highest BCUT2D eigenvalue weighted by molar-refractivity contribution is 5.96. The zero-order valence-electron chi connectivity index (χ0n) is 9.41. The summed E-state index contributed by atoms with van der Waals surface area (Å²) in [5, 5.41) is 11.6. The monoisotopic (exact) mass is 207 g/mol.